The lowest BCUT2D eigenvalue weighted by Crippen LogP contribution is -2.14. The molecule has 0 saturated carbocycles. The van der Waals surface area contributed by atoms with Crippen molar-refractivity contribution in [2.24, 2.45) is 5.92 Å². The van der Waals surface area contributed by atoms with E-state index in [1.165, 1.54) is 7.11 Å². The van der Waals surface area contributed by atoms with E-state index in [1.807, 2.05) is 13.8 Å². The first-order chi connectivity index (χ1) is 8.13. The highest BCUT2D eigenvalue weighted by atomic mass is 16.5. The first kappa shape index (κ1) is 13.4. The van der Waals surface area contributed by atoms with Crippen LogP contribution in [-0.2, 0) is 4.74 Å². The second-order valence-electron chi connectivity index (χ2n) is 3.95. The summed E-state index contributed by atoms with van der Waals surface area (Å²) >= 11 is 0. The molecule has 0 aliphatic heterocycles. The Labute approximate surface area is 102 Å². The third-order valence-electron chi connectivity index (χ3n) is 2.92. The summed E-state index contributed by atoms with van der Waals surface area (Å²) in [7, 11) is 1.33. The van der Waals surface area contributed by atoms with Crippen LogP contribution in [0.15, 0.2) is 24.3 Å². The average Bonchev–Trinajstić information content (AvgIpc) is 2.39. The lowest BCUT2D eigenvalue weighted by atomic mass is 9.92. The normalized spacial score (nSPS) is 10.4. The number of Topliss-reactive ketones (excluding diaryl/α,β-unsaturated/α-hetero) is 1. The fourth-order valence-electron chi connectivity index (χ4n) is 1.81. The Bertz CT molecular complexity index is 406. The molecule has 3 nitrogen and oxygen atoms in total. The van der Waals surface area contributed by atoms with Crippen LogP contribution in [0.4, 0.5) is 0 Å². The van der Waals surface area contributed by atoms with Crippen molar-refractivity contribution in [3.8, 4) is 0 Å². The molecule has 0 heterocycles. The van der Waals surface area contributed by atoms with Gasteiger partial charge in [0.1, 0.15) is 0 Å². The average molecular weight is 234 g/mol. The van der Waals surface area contributed by atoms with Gasteiger partial charge >= 0.3 is 5.97 Å². The Kier molecular flexibility index (Phi) is 4.88. The maximum atomic E-state index is 12.1. The summed E-state index contributed by atoms with van der Waals surface area (Å²) < 4.78 is 4.63. The molecule has 0 radical (unpaired) electrons. The van der Waals surface area contributed by atoms with E-state index in [0.717, 1.165) is 12.8 Å². The SMILES string of the molecule is CCC(CC)C(=O)c1cccc(C(=O)OC)c1. The maximum Gasteiger partial charge on any atom is 0.337 e. The topological polar surface area (TPSA) is 43.4 Å². The van der Waals surface area contributed by atoms with E-state index in [0.29, 0.717) is 11.1 Å². The number of carbonyl (C=O) groups excluding carboxylic acids is 2. The standard InChI is InChI=1S/C14H18O3/c1-4-10(5-2)13(15)11-7-6-8-12(9-11)14(16)17-3/h6-10H,4-5H2,1-3H3. The van der Waals surface area contributed by atoms with Crippen molar-refractivity contribution in [2.75, 3.05) is 7.11 Å². The van der Waals surface area contributed by atoms with Gasteiger partial charge in [-0.25, -0.2) is 4.79 Å². The molecule has 0 N–H and O–H groups in total. The lowest BCUT2D eigenvalue weighted by Gasteiger charge is -2.11. The Hall–Kier alpha value is -1.64. The number of methoxy groups -OCH3 is 1. The van der Waals surface area contributed by atoms with Gasteiger partial charge in [0.25, 0.3) is 0 Å². The number of hydrogen-bond acceptors (Lipinski definition) is 3. The van der Waals surface area contributed by atoms with Gasteiger partial charge in [0.2, 0.25) is 0 Å². The Balaban J connectivity index is 2.99. The van der Waals surface area contributed by atoms with Crippen LogP contribution in [0.2, 0.25) is 0 Å². The van der Waals surface area contributed by atoms with Crippen molar-refractivity contribution >= 4 is 11.8 Å². The summed E-state index contributed by atoms with van der Waals surface area (Å²) in [5, 5.41) is 0. The summed E-state index contributed by atoms with van der Waals surface area (Å²) in [6.45, 7) is 3.99. The van der Waals surface area contributed by atoms with E-state index in [-0.39, 0.29) is 11.7 Å². The molecule has 0 saturated heterocycles. The molecule has 0 bridgehead atoms. The van der Waals surface area contributed by atoms with Crippen molar-refractivity contribution in [3.05, 3.63) is 35.4 Å². The maximum absolute atomic E-state index is 12.1. The first-order valence-corrected chi connectivity index (χ1v) is 5.86. The van der Waals surface area contributed by atoms with E-state index in [1.54, 1.807) is 24.3 Å². The van der Waals surface area contributed by atoms with E-state index >= 15 is 0 Å². The molecule has 1 aromatic rings. The van der Waals surface area contributed by atoms with Crippen LogP contribution < -0.4 is 0 Å². The van der Waals surface area contributed by atoms with Gasteiger partial charge in [-0.2, -0.15) is 0 Å². The summed E-state index contributed by atoms with van der Waals surface area (Å²) in [6, 6.07) is 6.71. The van der Waals surface area contributed by atoms with Crippen molar-refractivity contribution in [1.82, 2.24) is 0 Å². The Morgan fingerprint density at radius 2 is 1.76 bits per heavy atom. The molecule has 0 spiro atoms. The number of rotatable bonds is 5. The minimum Gasteiger partial charge on any atom is -0.465 e. The minimum atomic E-state index is -0.413. The molecular weight excluding hydrogens is 216 g/mol. The molecule has 0 atom stereocenters. The predicted molar refractivity (Wildman–Crippen MR) is 66.2 cm³/mol. The molecule has 92 valence electrons. The zero-order chi connectivity index (χ0) is 12.8. The quantitative estimate of drug-likeness (QED) is 0.581. The minimum absolute atomic E-state index is 0.0305. The van der Waals surface area contributed by atoms with Crippen molar-refractivity contribution in [3.63, 3.8) is 0 Å². The number of benzene rings is 1. The zero-order valence-corrected chi connectivity index (χ0v) is 10.5. The smallest absolute Gasteiger partial charge is 0.337 e. The number of hydrogen-bond donors (Lipinski definition) is 0. The van der Waals surface area contributed by atoms with Crippen LogP contribution in [0.5, 0.6) is 0 Å². The highest BCUT2D eigenvalue weighted by Gasteiger charge is 2.17. The largest absolute Gasteiger partial charge is 0.465 e. The molecule has 0 aliphatic rings. The summed E-state index contributed by atoms with van der Waals surface area (Å²) in [6.07, 6.45) is 1.63. The van der Waals surface area contributed by atoms with Gasteiger partial charge in [-0.15, -0.1) is 0 Å². The molecule has 1 aromatic carbocycles. The first-order valence-electron chi connectivity index (χ1n) is 5.86. The zero-order valence-electron chi connectivity index (χ0n) is 10.5. The van der Waals surface area contributed by atoms with E-state index in [4.69, 9.17) is 0 Å². The van der Waals surface area contributed by atoms with Crippen LogP contribution in [0.25, 0.3) is 0 Å². The fraction of sp³-hybridized carbons (Fsp3) is 0.429. The summed E-state index contributed by atoms with van der Waals surface area (Å²) in [4.78, 5) is 23.5. The van der Waals surface area contributed by atoms with Crippen LogP contribution in [0.1, 0.15) is 47.4 Å². The molecule has 0 amide bonds. The van der Waals surface area contributed by atoms with Gasteiger partial charge in [0.15, 0.2) is 5.78 Å². The van der Waals surface area contributed by atoms with E-state index in [9.17, 15) is 9.59 Å². The summed E-state index contributed by atoms with van der Waals surface area (Å²) in [5.41, 5.74) is 1.01. The van der Waals surface area contributed by atoms with Crippen LogP contribution >= 0.6 is 0 Å². The molecule has 3 heteroatoms. The second kappa shape index (κ2) is 6.18. The van der Waals surface area contributed by atoms with Gasteiger partial charge in [0.05, 0.1) is 12.7 Å². The Morgan fingerprint density at radius 3 is 2.29 bits per heavy atom. The number of carbonyl (C=O) groups is 2. The van der Waals surface area contributed by atoms with Crippen molar-refractivity contribution in [1.29, 1.82) is 0 Å². The van der Waals surface area contributed by atoms with Gasteiger partial charge in [-0.1, -0.05) is 26.0 Å². The molecular formula is C14H18O3. The highest BCUT2D eigenvalue weighted by molar-refractivity contribution is 6.00. The highest BCUT2D eigenvalue weighted by Crippen LogP contribution is 2.17. The lowest BCUT2D eigenvalue weighted by molar-refractivity contribution is 0.0600. The van der Waals surface area contributed by atoms with Gasteiger partial charge in [-0.05, 0) is 25.0 Å². The van der Waals surface area contributed by atoms with Crippen molar-refractivity contribution in [2.45, 2.75) is 26.7 Å². The molecule has 17 heavy (non-hydrogen) atoms. The van der Waals surface area contributed by atoms with Crippen LogP contribution in [0.3, 0.4) is 0 Å². The fourth-order valence-corrected chi connectivity index (χ4v) is 1.81. The number of ether oxygens (including phenoxy) is 1. The van der Waals surface area contributed by atoms with Gasteiger partial charge in [0, 0.05) is 11.5 Å². The second-order valence-corrected chi connectivity index (χ2v) is 3.95. The Morgan fingerprint density at radius 1 is 1.18 bits per heavy atom. The molecule has 0 unspecified atom stereocenters. The van der Waals surface area contributed by atoms with E-state index in [2.05, 4.69) is 4.74 Å². The van der Waals surface area contributed by atoms with Gasteiger partial charge < -0.3 is 4.74 Å². The van der Waals surface area contributed by atoms with Crippen LogP contribution in [0, 0.1) is 5.92 Å². The van der Waals surface area contributed by atoms with Gasteiger partial charge in [-0.3, -0.25) is 4.79 Å². The predicted octanol–water partition coefficient (Wildman–Crippen LogP) is 3.09. The monoisotopic (exact) mass is 234 g/mol. The van der Waals surface area contributed by atoms with E-state index < -0.39 is 5.97 Å². The van der Waals surface area contributed by atoms with Crippen LogP contribution in [-0.4, -0.2) is 18.9 Å². The van der Waals surface area contributed by atoms with Crippen molar-refractivity contribution < 1.29 is 14.3 Å². The number of esters is 1. The molecule has 0 aromatic heterocycles. The third kappa shape index (κ3) is 3.16. The third-order valence-corrected chi connectivity index (χ3v) is 2.92. The molecule has 0 fully saturated rings. The summed E-state index contributed by atoms with van der Waals surface area (Å²) in [5.74, 6) is -0.284. The molecule has 1 rings (SSSR count). The number of ketones is 1. The molecule has 0 aliphatic carbocycles.